The Morgan fingerprint density at radius 1 is 1.19 bits per heavy atom. The predicted molar refractivity (Wildman–Crippen MR) is 114 cm³/mol. The van der Waals surface area contributed by atoms with Crippen LogP contribution in [0.15, 0.2) is 11.0 Å². The smallest absolute Gasteiger partial charge is 0.241 e. The van der Waals surface area contributed by atoms with E-state index in [1.807, 2.05) is 20.8 Å². The summed E-state index contributed by atoms with van der Waals surface area (Å²) in [5.41, 5.74) is 1.01. The molecule has 0 amide bonds. The van der Waals surface area contributed by atoms with Crippen LogP contribution in [0.5, 0.6) is 0 Å². The summed E-state index contributed by atoms with van der Waals surface area (Å²) in [7, 11) is -3.47. The van der Waals surface area contributed by atoms with Gasteiger partial charge in [-0.05, 0) is 71.7 Å². The van der Waals surface area contributed by atoms with E-state index in [0.29, 0.717) is 11.4 Å². The van der Waals surface area contributed by atoms with Gasteiger partial charge in [-0.15, -0.1) is 22.7 Å². The number of thiophene rings is 1. The lowest BCUT2D eigenvalue weighted by molar-refractivity contribution is 0.191. The largest absolute Gasteiger partial charge is 0.303 e. The zero-order chi connectivity index (χ0) is 19.6. The van der Waals surface area contributed by atoms with E-state index >= 15 is 0 Å². The van der Waals surface area contributed by atoms with Gasteiger partial charge in [0.2, 0.25) is 10.0 Å². The number of thiazole rings is 1. The van der Waals surface area contributed by atoms with Crippen LogP contribution in [0.1, 0.15) is 41.6 Å². The first-order chi connectivity index (χ1) is 12.8. The highest BCUT2D eigenvalue weighted by Gasteiger charge is 2.22. The number of rotatable bonds is 7. The van der Waals surface area contributed by atoms with Crippen LogP contribution >= 0.6 is 22.7 Å². The zero-order valence-electron chi connectivity index (χ0n) is 16.5. The first-order valence-corrected chi connectivity index (χ1v) is 12.6. The van der Waals surface area contributed by atoms with Gasteiger partial charge in [-0.1, -0.05) is 6.92 Å². The van der Waals surface area contributed by atoms with E-state index in [0.717, 1.165) is 52.4 Å². The van der Waals surface area contributed by atoms with Crippen LogP contribution in [-0.2, 0) is 10.0 Å². The van der Waals surface area contributed by atoms with Crippen LogP contribution in [0.4, 0.5) is 0 Å². The maximum Gasteiger partial charge on any atom is 0.241 e. The molecule has 5 nitrogen and oxygen atoms in total. The molecule has 150 valence electrons. The van der Waals surface area contributed by atoms with Gasteiger partial charge >= 0.3 is 0 Å². The highest BCUT2D eigenvalue weighted by molar-refractivity contribution is 7.89. The minimum Gasteiger partial charge on any atom is -0.303 e. The third kappa shape index (κ3) is 5.17. The lowest BCUT2D eigenvalue weighted by Crippen LogP contribution is -2.35. The Kier molecular flexibility index (Phi) is 6.74. The average molecular weight is 428 g/mol. The van der Waals surface area contributed by atoms with Gasteiger partial charge in [-0.2, -0.15) is 0 Å². The second-order valence-electron chi connectivity index (χ2n) is 7.47. The molecule has 3 rings (SSSR count). The molecule has 0 saturated carbocycles. The van der Waals surface area contributed by atoms with Crippen molar-refractivity contribution < 1.29 is 8.42 Å². The zero-order valence-corrected chi connectivity index (χ0v) is 19.0. The quantitative estimate of drug-likeness (QED) is 0.673. The molecular formula is C19H29N3O2S3. The van der Waals surface area contributed by atoms with Crippen molar-refractivity contribution in [1.82, 2.24) is 14.6 Å². The second-order valence-corrected chi connectivity index (χ2v) is 11.7. The van der Waals surface area contributed by atoms with Gasteiger partial charge in [-0.3, -0.25) is 0 Å². The Labute approximate surface area is 170 Å². The maximum absolute atomic E-state index is 12.7. The van der Waals surface area contributed by atoms with Crippen molar-refractivity contribution in [3.8, 4) is 9.88 Å². The second kappa shape index (κ2) is 8.69. The van der Waals surface area contributed by atoms with E-state index in [-0.39, 0.29) is 0 Å². The van der Waals surface area contributed by atoms with Gasteiger partial charge in [0.15, 0.2) is 0 Å². The molecule has 0 radical (unpaired) electrons. The van der Waals surface area contributed by atoms with Gasteiger partial charge < -0.3 is 4.90 Å². The number of sulfonamides is 1. The van der Waals surface area contributed by atoms with Crippen LogP contribution in [-0.4, -0.2) is 44.5 Å². The average Bonchev–Trinajstić information content (AvgIpc) is 3.17. The van der Waals surface area contributed by atoms with Crippen LogP contribution < -0.4 is 4.72 Å². The normalized spacial score (nSPS) is 16.9. The molecule has 1 aliphatic rings. The molecule has 1 saturated heterocycles. The lowest BCUT2D eigenvalue weighted by atomic mass is 9.99. The van der Waals surface area contributed by atoms with Crippen LogP contribution in [0.2, 0.25) is 0 Å². The summed E-state index contributed by atoms with van der Waals surface area (Å²) in [6.07, 6.45) is 3.34. The maximum atomic E-state index is 12.7. The summed E-state index contributed by atoms with van der Waals surface area (Å²) in [6, 6.07) is 1.77. The van der Waals surface area contributed by atoms with Crippen molar-refractivity contribution in [2.24, 2.45) is 5.92 Å². The molecule has 0 bridgehead atoms. The monoisotopic (exact) mass is 427 g/mol. The number of nitrogens with one attached hydrogen (secondary N) is 1. The Hall–Kier alpha value is -0.800. The van der Waals surface area contributed by atoms with Gasteiger partial charge in [0.1, 0.15) is 5.01 Å². The summed E-state index contributed by atoms with van der Waals surface area (Å²) in [6.45, 7) is 11.9. The molecule has 2 aromatic rings. The molecule has 0 aromatic carbocycles. The van der Waals surface area contributed by atoms with E-state index in [9.17, 15) is 8.42 Å². The molecule has 1 fully saturated rings. The van der Waals surface area contributed by atoms with Crippen LogP contribution in [0.3, 0.4) is 0 Å². The number of nitrogens with zero attached hydrogens (tertiary/aromatic N) is 2. The van der Waals surface area contributed by atoms with E-state index in [1.165, 1.54) is 29.1 Å². The minimum atomic E-state index is -3.47. The Bertz CT molecular complexity index is 859. The van der Waals surface area contributed by atoms with E-state index < -0.39 is 10.0 Å². The van der Waals surface area contributed by atoms with Crippen molar-refractivity contribution in [3.05, 3.63) is 21.5 Å². The van der Waals surface area contributed by atoms with Crippen molar-refractivity contribution in [1.29, 1.82) is 0 Å². The third-order valence-electron chi connectivity index (χ3n) is 5.22. The first-order valence-electron chi connectivity index (χ1n) is 9.53. The summed E-state index contributed by atoms with van der Waals surface area (Å²) < 4.78 is 28.2. The molecule has 27 heavy (non-hydrogen) atoms. The van der Waals surface area contributed by atoms with Crippen molar-refractivity contribution in [2.45, 2.75) is 51.9 Å². The number of piperidine rings is 1. The highest BCUT2D eigenvalue weighted by atomic mass is 32.2. The van der Waals surface area contributed by atoms with Crippen molar-refractivity contribution in [3.63, 3.8) is 0 Å². The van der Waals surface area contributed by atoms with E-state index in [2.05, 4.69) is 21.5 Å². The molecule has 0 spiro atoms. The SMILES string of the molecule is Cc1nc(-c2cc(S(=O)(=O)NCCCN3CCC(C)CC3)c(C)s2)sc1C. The lowest BCUT2D eigenvalue weighted by Gasteiger charge is -2.30. The molecule has 0 atom stereocenters. The van der Waals surface area contributed by atoms with E-state index in [4.69, 9.17) is 0 Å². The minimum absolute atomic E-state index is 0.389. The number of likely N-dealkylation sites (tertiary alicyclic amines) is 1. The molecule has 1 N–H and O–H groups in total. The summed E-state index contributed by atoms with van der Waals surface area (Å²) in [5, 5.41) is 0.902. The summed E-state index contributed by atoms with van der Waals surface area (Å²) in [5.74, 6) is 0.820. The van der Waals surface area contributed by atoms with Crippen LogP contribution in [0, 0.1) is 26.7 Å². The fourth-order valence-electron chi connectivity index (χ4n) is 3.29. The standard InChI is InChI=1S/C19H29N3O2S3/c1-13-6-10-22(11-7-13)9-5-8-20-27(23,24)18-12-17(25-16(18)4)19-21-14(2)15(3)26-19/h12-13,20H,5-11H2,1-4H3. The van der Waals surface area contributed by atoms with Crippen LogP contribution in [0.25, 0.3) is 9.88 Å². The fraction of sp³-hybridized carbons (Fsp3) is 0.632. The van der Waals surface area contributed by atoms with Gasteiger partial charge in [0.25, 0.3) is 0 Å². The third-order valence-corrected chi connectivity index (χ3v) is 9.23. The number of hydrogen-bond donors (Lipinski definition) is 1. The fourth-order valence-corrected chi connectivity index (χ4v) is 6.91. The molecular weight excluding hydrogens is 398 g/mol. The number of hydrogen-bond acceptors (Lipinski definition) is 6. The molecule has 0 aliphatic carbocycles. The summed E-state index contributed by atoms with van der Waals surface area (Å²) in [4.78, 5) is 10.3. The predicted octanol–water partition coefficient (Wildman–Crippen LogP) is 4.20. The molecule has 0 unspecified atom stereocenters. The molecule has 2 aromatic heterocycles. The van der Waals surface area contributed by atoms with E-state index in [1.54, 1.807) is 17.4 Å². The Morgan fingerprint density at radius 3 is 2.52 bits per heavy atom. The highest BCUT2D eigenvalue weighted by Crippen LogP contribution is 2.36. The molecule has 1 aliphatic heterocycles. The topological polar surface area (TPSA) is 62.3 Å². The van der Waals surface area contributed by atoms with Gasteiger partial charge in [0, 0.05) is 16.3 Å². The number of aromatic nitrogens is 1. The first kappa shape index (κ1) is 20.9. The molecule has 3 heterocycles. The Balaban J connectivity index is 1.58. The summed E-state index contributed by atoms with van der Waals surface area (Å²) >= 11 is 3.12. The van der Waals surface area contributed by atoms with Crippen molar-refractivity contribution in [2.75, 3.05) is 26.2 Å². The molecule has 8 heteroatoms. The van der Waals surface area contributed by atoms with Gasteiger partial charge in [-0.25, -0.2) is 18.1 Å². The van der Waals surface area contributed by atoms with Crippen molar-refractivity contribution >= 4 is 32.7 Å². The number of aryl methyl sites for hydroxylation is 3. The Morgan fingerprint density at radius 2 is 1.89 bits per heavy atom. The van der Waals surface area contributed by atoms with Gasteiger partial charge in [0.05, 0.1) is 15.5 Å².